The molecule has 0 unspecified atom stereocenters. The average molecular weight is 465 g/mol. The van der Waals surface area contributed by atoms with Crippen molar-refractivity contribution < 1.29 is 0 Å². The number of benzene rings is 3. The molecule has 0 amide bonds. The molecule has 2 nitrogen and oxygen atoms in total. The van der Waals surface area contributed by atoms with Gasteiger partial charge < -0.3 is 0 Å². The van der Waals surface area contributed by atoms with Crippen LogP contribution in [-0.2, 0) is 10.8 Å². The van der Waals surface area contributed by atoms with E-state index in [0.717, 1.165) is 28.2 Å². The van der Waals surface area contributed by atoms with Crippen LogP contribution in [0.1, 0.15) is 49.9 Å². The second-order valence-corrected chi connectivity index (χ2v) is 11.1. The van der Waals surface area contributed by atoms with Gasteiger partial charge in [-0.25, -0.2) is 4.98 Å². The van der Waals surface area contributed by atoms with Gasteiger partial charge in [0.05, 0.1) is 17.1 Å². The van der Waals surface area contributed by atoms with Crippen LogP contribution in [0.5, 0.6) is 0 Å². The summed E-state index contributed by atoms with van der Waals surface area (Å²) in [5.74, 6) is 0. The molecule has 36 heavy (non-hydrogen) atoms. The topological polar surface area (TPSA) is 25.8 Å². The van der Waals surface area contributed by atoms with Gasteiger partial charge in [-0.2, -0.15) is 0 Å². The zero-order chi connectivity index (χ0) is 24.7. The van der Waals surface area contributed by atoms with Crippen molar-refractivity contribution in [3.05, 3.63) is 119 Å². The molecule has 2 aliphatic carbocycles. The fraction of sp³-hybridized carbons (Fsp3) is 0.176. The largest absolute Gasteiger partial charge is 0.255 e. The second-order valence-electron chi connectivity index (χ2n) is 11.1. The lowest BCUT2D eigenvalue weighted by atomic mass is 9.82. The monoisotopic (exact) mass is 464 g/mol. The summed E-state index contributed by atoms with van der Waals surface area (Å²) in [7, 11) is 0. The first-order valence-electron chi connectivity index (χ1n) is 12.7. The van der Waals surface area contributed by atoms with Gasteiger partial charge >= 0.3 is 0 Å². The molecule has 0 atom stereocenters. The van der Waals surface area contributed by atoms with E-state index >= 15 is 0 Å². The third-order valence-electron chi connectivity index (χ3n) is 8.34. The van der Waals surface area contributed by atoms with Crippen LogP contribution in [0.25, 0.3) is 44.9 Å². The van der Waals surface area contributed by atoms with E-state index in [1.54, 1.807) is 0 Å². The van der Waals surface area contributed by atoms with Gasteiger partial charge in [0, 0.05) is 33.7 Å². The van der Waals surface area contributed by atoms with Crippen molar-refractivity contribution in [1.82, 2.24) is 9.97 Å². The van der Waals surface area contributed by atoms with E-state index in [9.17, 15) is 0 Å². The van der Waals surface area contributed by atoms with Crippen molar-refractivity contribution in [3.63, 3.8) is 0 Å². The lowest BCUT2D eigenvalue weighted by molar-refractivity contribution is 0.659. The number of aromatic nitrogens is 2. The molecule has 0 saturated heterocycles. The van der Waals surface area contributed by atoms with E-state index in [2.05, 4.69) is 119 Å². The molecule has 2 aromatic heterocycles. The minimum Gasteiger partial charge on any atom is -0.255 e. The Morgan fingerprint density at radius 2 is 1.08 bits per heavy atom. The molecular formula is C34H28N2. The zero-order valence-corrected chi connectivity index (χ0v) is 21.1. The van der Waals surface area contributed by atoms with Gasteiger partial charge in [0.15, 0.2) is 0 Å². The molecule has 0 bridgehead atoms. The number of nitrogens with zero attached hydrogens (tertiary/aromatic N) is 2. The molecule has 0 radical (unpaired) electrons. The van der Waals surface area contributed by atoms with Crippen molar-refractivity contribution in [2.75, 3.05) is 0 Å². The summed E-state index contributed by atoms with van der Waals surface area (Å²) in [4.78, 5) is 10.0. The first kappa shape index (κ1) is 21.3. The molecule has 0 N–H and O–H groups in total. The maximum absolute atomic E-state index is 5.12. The lowest BCUT2D eigenvalue weighted by Gasteiger charge is -2.22. The Bertz CT molecular complexity index is 1570. The smallest absolute Gasteiger partial charge is 0.0746 e. The van der Waals surface area contributed by atoms with E-state index < -0.39 is 0 Å². The van der Waals surface area contributed by atoms with Crippen molar-refractivity contribution in [1.29, 1.82) is 0 Å². The first-order valence-corrected chi connectivity index (χ1v) is 12.7. The second kappa shape index (κ2) is 7.24. The van der Waals surface area contributed by atoms with E-state index in [-0.39, 0.29) is 10.8 Å². The Labute approximate surface area is 212 Å². The molecule has 2 aliphatic rings. The van der Waals surface area contributed by atoms with Gasteiger partial charge in [-0.3, -0.25) is 4.98 Å². The zero-order valence-electron chi connectivity index (χ0n) is 21.1. The maximum Gasteiger partial charge on any atom is 0.0746 e. The molecule has 0 saturated carbocycles. The molecule has 7 rings (SSSR count). The first-order chi connectivity index (χ1) is 17.4. The van der Waals surface area contributed by atoms with Crippen molar-refractivity contribution in [2.45, 2.75) is 38.5 Å². The highest BCUT2D eigenvalue weighted by atomic mass is 14.7. The Morgan fingerprint density at radius 1 is 0.500 bits per heavy atom. The van der Waals surface area contributed by atoms with Gasteiger partial charge in [-0.15, -0.1) is 0 Å². The number of rotatable bonds is 2. The summed E-state index contributed by atoms with van der Waals surface area (Å²) in [6.07, 6.45) is 1.98. The van der Waals surface area contributed by atoms with Gasteiger partial charge in [0.25, 0.3) is 0 Å². The van der Waals surface area contributed by atoms with Crippen LogP contribution >= 0.6 is 0 Å². The van der Waals surface area contributed by atoms with Crippen LogP contribution < -0.4 is 0 Å². The molecule has 5 aromatic rings. The van der Waals surface area contributed by atoms with Crippen molar-refractivity contribution in [3.8, 4) is 44.9 Å². The molecule has 0 spiro atoms. The van der Waals surface area contributed by atoms with Crippen LogP contribution in [0.15, 0.2) is 97.2 Å². The summed E-state index contributed by atoms with van der Waals surface area (Å²) in [6.45, 7) is 9.22. The van der Waals surface area contributed by atoms with Gasteiger partial charge in [-0.05, 0) is 57.6 Å². The summed E-state index contributed by atoms with van der Waals surface area (Å²) in [5.41, 5.74) is 14.4. The minimum absolute atomic E-state index is 0.0238. The minimum atomic E-state index is -0.0763. The molecule has 2 heterocycles. The van der Waals surface area contributed by atoms with E-state index in [1.807, 2.05) is 6.20 Å². The Balaban J connectivity index is 1.30. The van der Waals surface area contributed by atoms with E-state index in [0.29, 0.717) is 0 Å². The molecule has 2 heteroatoms. The number of hydrogen-bond acceptors (Lipinski definition) is 2. The Kier molecular flexibility index (Phi) is 4.27. The highest BCUT2D eigenvalue weighted by molar-refractivity contribution is 5.84. The van der Waals surface area contributed by atoms with Crippen LogP contribution in [0.3, 0.4) is 0 Å². The molecule has 174 valence electrons. The quantitative estimate of drug-likeness (QED) is 0.262. The standard InChI is InChI=1S/C34H28N2/c1-33(2)26-12-7-5-10-23(26)24-17-16-21(18-28(24)33)30-14-9-15-31(36-30)22-19-29-32(35-20-22)25-11-6-8-13-27(25)34(29,3)4/h5-20H,1-4H3. The van der Waals surface area contributed by atoms with Crippen LogP contribution in [-0.4, -0.2) is 9.97 Å². The summed E-state index contributed by atoms with van der Waals surface area (Å²) >= 11 is 0. The Morgan fingerprint density at radius 3 is 1.86 bits per heavy atom. The van der Waals surface area contributed by atoms with Crippen LogP contribution in [0.2, 0.25) is 0 Å². The molecule has 3 aromatic carbocycles. The van der Waals surface area contributed by atoms with Crippen molar-refractivity contribution >= 4 is 0 Å². The van der Waals surface area contributed by atoms with Crippen LogP contribution in [0, 0.1) is 0 Å². The number of hydrogen-bond donors (Lipinski definition) is 0. The van der Waals surface area contributed by atoms with Crippen LogP contribution in [0.4, 0.5) is 0 Å². The highest BCUT2D eigenvalue weighted by Crippen LogP contribution is 2.50. The molecule has 0 aliphatic heterocycles. The molecular weight excluding hydrogens is 436 g/mol. The average Bonchev–Trinajstić information content (AvgIpc) is 3.28. The number of pyridine rings is 2. The lowest BCUT2D eigenvalue weighted by Crippen LogP contribution is -2.15. The van der Waals surface area contributed by atoms with Gasteiger partial charge in [-0.1, -0.05) is 94.4 Å². The fourth-order valence-electron chi connectivity index (χ4n) is 6.30. The van der Waals surface area contributed by atoms with E-state index in [4.69, 9.17) is 9.97 Å². The molecule has 0 fully saturated rings. The Hall–Kier alpha value is -4.04. The van der Waals surface area contributed by atoms with Crippen molar-refractivity contribution in [2.24, 2.45) is 0 Å². The summed E-state index contributed by atoms with van der Waals surface area (Å²) in [6, 6.07) is 32.8. The van der Waals surface area contributed by atoms with Gasteiger partial charge in [0.1, 0.15) is 0 Å². The van der Waals surface area contributed by atoms with Gasteiger partial charge in [0.2, 0.25) is 0 Å². The summed E-state index contributed by atoms with van der Waals surface area (Å²) < 4.78 is 0. The SMILES string of the molecule is CC1(C)c2ccccc2-c2ccc(-c3cccc(-c4cnc5c(c4)C(C)(C)c4ccccc4-5)n3)cc21. The predicted molar refractivity (Wildman–Crippen MR) is 148 cm³/mol. The summed E-state index contributed by atoms with van der Waals surface area (Å²) in [5, 5.41) is 0. The number of fused-ring (bicyclic) bond motifs is 6. The normalized spacial score (nSPS) is 15.7. The highest BCUT2D eigenvalue weighted by Gasteiger charge is 2.37. The predicted octanol–water partition coefficient (Wildman–Crippen LogP) is 8.42. The maximum atomic E-state index is 5.12. The van der Waals surface area contributed by atoms with E-state index in [1.165, 1.54) is 38.9 Å². The third kappa shape index (κ3) is 2.85. The fourth-order valence-corrected chi connectivity index (χ4v) is 6.30. The third-order valence-corrected chi connectivity index (χ3v) is 8.34.